The van der Waals surface area contributed by atoms with E-state index in [-0.39, 0.29) is 0 Å². The fraction of sp³-hybridized carbons (Fsp3) is 0.533. The third-order valence-corrected chi connectivity index (χ3v) is 4.70. The van der Waals surface area contributed by atoms with Gasteiger partial charge in [0.05, 0.1) is 16.1 Å². The minimum absolute atomic E-state index is 0.377. The molecule has 1 atom stereocenters. The SMILES string of the molecule is CNc1nc(NC2CCN(C)C2)nc2nc(C)c(Cl)c(C)c12. The normalized spacial score (nSPS) is 18.9. The molecule has 0 spiro atoms. The van der Waals surface area contributed by atoms with Gasteiger partial charge in [-0.3, -0.25) is 0 Å². The number of anilines is 2. The van der Waals surface area contributed by atoms with Crippen molar-refractivity contribution in [3.8, 4) is 0 Å². The van der Waals surface area contributed by atoms with E-state index in [1.807, 2.05) is 20.9 Å². The summed E-state index contributed by atoms with van der Waals surface area (Å²) in [5, 5.41) is 8.10. The van der Waals surface area contributed by atoms with Crippen LogP contribution in [0.3, 0.4) is 0 Å². The van der Waals surface area contributed by atoms with Gasteiger partial charge >= 0.3 is 0 Å². The van der Waals surface area contributed by atoms with Crippen LogP contribution in [-0.4, -0.2) is 53.1 Å². The first kappa shape index (κ1) is 15.2. The van der Waals surface area contributed by atoms with E-state index >= 15 is 0 Å². The van der Waals surface area contributed by atoms with Gasteiger partial charge in [-0.25, -0.2) is 4.98 Å². The van der Waals surface area contributed by atoms with Crippen molar-refractivity contribution in [2.24, 2.45) is 0 Å². The molecule has 2 aromatic heterocycles. The Morgan fingerprint density at radius 2 is 2.00 bits per heavy atom. The van der Waals surface area contributed by atoms with E-state index in [9.17, 15) is 0 Å². The van der Waals surface area contributed by atoms with Gasteiger partial charge in [0.1, 0.15) is 5.82 Å². The number of halogens is 1. The number of likely N-dealkylation sites (N-methyl/N-ethyl adjacent to an activating group) is 1. The van der Waals surface area contributed by atoms with E-state index in [1.54, 1.807) is 0 Å². The number of aromatic nitrogens is 3. The summed E-state index contributed by atoms with van der Waals surface area (Å²) in [6, 6.07) is 0.377. The molecule has 7 heteroatoms. The molecule has 0 aliphatic carbocycles. The molecular formula is C15H21ClN6. The average Bonchev–Trinajstić information content (AvgIpc) is 2.89. The van der Waals surface area contributed by atoms with Crippen molar-refractivity contribution in [2.45, 2.75) is 26.3 Å². The van der Waals surface area contributed by atoms with Crippen molar-refractivity contribution in [1.82, 2.24) is 19.9 Å². The first-order chi connectivity index (χ1) is 10.5. The number of hydrogen-bond acceptors (Lipinski definition) is 6. The molecular weight excluding hydrogens is 300 g/mol. The Labute approximate surface area is 135 Å². The number of nitrogens with one attached hydrogen (secondary N) is 2. The van der Waals surface area contributed by atoms with Crippen molar-refractivity contribution >= 4 is 34.4 Å². The fourth-order valence-electron chi connectivity index (χ4n) is 2.95. The third-order valence-electron chi connectivity index (χ3n) is 4.15. The number of nitrogens with zero attached hydrogens (tertiary/aromatic N) is 4. The number of rotatable bonds is 3. The van der Waals surface area contributed by atoms with Gasteiger partial charge in [0.25, 0.3) is 0 Å². The summed E-state index contributed by atoms with van der Waals surface area (Å²) in [5.41, 5.74) is 2.42. The zero-order valence-electron chi connectivity index (χ0n) is 13.4. The van der Waals surface area contributed by atoms with Crippen LogP contribution < -0.4 is 10.6 Å². The number of fused-ring (bicyclic) bond motifs is 1. The van der Waals surface area contributed by atoms with Crippen molar-refractivity contribution in [3.05, 3.63) is 16.3 Å². The Hall–Kier alpha value is -1.66. The lowest BCUT2D eigenvalue weighted by Gasteiger charge is -2.16. The molecule has 0 aromatic carbocycles. The van der Waals surface area contributed by atoms with Gasteiger partial charge in [-0.1, -0.05) is 11.6 Å². The maximum absolute atomic E-state index is 6.31. The molecule has 2 aromatic rings. The Balaban J connectivity index is 2.04. The second-order valence-corrected chi connectivity index (χ2v) is 6.25. The lowest BCUT2D eigenvalue weighted by Crippen LogP contribution is -2.24. The van der Waals surface area contributed by atoms with Gasteiger partial charge in [-0.15, -0.1) is 0 Å². The minimum Gasteiger partial charge on any atom is -0.372 e. The number of pyridine rings is 1. The smallest absolute Gasteiger partial charge is 0.226 e. The van der Waals surface area contributed by atoms with E-state index < -0.39 is 0 Å². The molecule has 0 amide bonds. The lowest BCUT2D eigenvalue weighted by atomic mass is 10.1. The first-order valence-electron chi connectivity index (χ1n) is 7.47. The third kappa shape index (κ3) is 2.68. The van der Waals surface area contributed by atoms with Gasteiger partial charge in [0.2, 0.25) is 5.95 Å². The molecule has 6 nitrogen and oxygen atoms in total. The Morgan fingerprint density at radius 3 is 2.64 bits per heavy atom. The molecule has 0 radical (unpaired) electrons. The van der Waals surface area contributed by atoms with Crippen molar-refractivity contribution in [2.75, 3.05) is 37.8 Å². The number of likely N-dealkylation sites (tertiary alicyclic amines) is 1. The highest BCUT2D eigenvalue weighted by Gasteiger charge is 2.21. The van der Waals surface area contributed by atoms with Gasteiger partial charge in [0.15, 0.2) is 5.65 Å². The zero-order valence-corrected chi connectivity index (χ0v) is 14.1. The van der Waals surface area contributed by atoms with Crippen LogP contribution in [0.1, 0.15) is 17.7 Å². The molecule has 3 rings (SSSR count). The molecule has 1 aliphatic rings. The largest absolute Gasteiger partial charge is 0.372 e. The molecule has 1 fully saturated rings. The maximum atomic E-state index is 6.31. The van der Waals surface area contributed by atoms with Crippen LogP contribution in [0.15, 0.2) is 0 Å². The summed E-state index contributed by atoms with van der Waals surface area (Å²) in [6.07, 6.45) is 1.10. The molecule has 3 heterocycles. The van der Waals surface area contributed by atoms with Crippen LogP contribution in [0.4, 0.5) is 11.8 Å². The molecule has 0 saturated carbocycles. The molecule has 1 unspecified atom stereocenters. The van der Waals surface area contributed by atoms with Gasteiger partial charge in [-0.2, -0.15) is 9.97 Å². The van der Waals surface area contributed by atoms with Crippen LogP contribution >= 0.6 is 11.6 Å². The van der Waals surface area contributed by atoms with Crippen LogP contribution in [0.5, 0.6) is 0 Å². The molecule has 2 N–H and O–H groups in total. The van der Waals surface area contributed by atoms with E-state index in [1.165, 1.54) is 0 Å². The number of hydrogen-bond donors (Lipinski definition) is 2. The summed E-state index contributed by atoms with van der Waals surface area (Å²) < 4.78 is 0. The highest BCUT2D eigenvalue weighted by Crippen LogP contribution is 2.30. The highest BCUT2D eigenvalue weighted by molar-refractivity contribution is 6.33. The van der Waals surface area contributed by atoms with E-state index in [0.29, 0.717) is 22.7 Å². The first-order valence-corrected chi connectivity index (χ1v) is 7.84. The number of aryl methyl sites for hydroxylation is 2. The highest BCUT2D eigenvalue weighted by atomic mass is 35.5. The lowest BCUT2D eigenvalue weighted by molar-refractivity contribution is 0.414. The van der Waals surface area contributed by atoms with Crippen molar-refractivity contribution in [3.63, 3.8) is 0 Å². The quantitative estimate of drug-likeness (QED) is 0.905. The van der Waals surface area contributed by atoms with E-state index in [2.05, 4.69) is 37.5 Å². The monoisotopic (exact) mass is 320 g/mol. The Bertz CT molecular complexity index is 717. The van der Waals surface area contributed by atoms with Crippen LogP contribution in [0.25, 0.3) is 11.0 Å². The van der Waals surface area contributed by atoms with Crippen LogP contribution in [-0.2, 0) is 0 Å². The Morgan fingerprint density at radius 1 is 1.23 bits per heavy atom. The van der Waals surface area contributed by atoms with Crippen LogP contribution in [0, 0.1) is 13.8 Å². The second kappa shape index (κ2) is 5.85. The molecule has 118 valence electrons. The zero-order chi connectivity index (χ0) is 15.9. The Kier molecular flexibility index (Phi) is 4.06. The van der Waals surface area contributed by atoms with Crippen molar-refractivity contribution < 1.29 is 0 Å². The van der Waals surface area contributed by atoms with E-state index in [4.69, 9.17) is 11.6 Å². The summed E-state index contributed by atoms with van der Waals surface area (Å²) in [4.78, 5) is 16.0. The summed E-state index contributed by atoms with van der Waals surface area (Å²) in [5.74, 6) is 1.37. The second-order valence-electron chi connectivity index (χ2n) is 5.87. The van der Waals surface area contributed by atoms with Crippen LogP contribution in [0.2, 0.25) is 5.02 Å². The molecule has 1 aliphatic heterocycles. The standard InChI is InChI=1S/C15H21ClN6/c1-8-11-13(17-3)20-15(19-10-5-6-22(4)7-10)21-14(11)18-9(2)12(8)16/h10H,5-7H2,1-4H3,(H2,17,18,19,20,21). The average molecular weight is 321 g/mol. The van der Waals surface area contributed by atoms with Gasteiger partial charge in [-0.05, 0) is 39.4 Å². The summed E-state index contributed by atoms with van der Waals surface area (Å²) in [7, 11) is 3.97. The predicted octanol–water partition coefficient (Wildman–Crippen LogP) is 2.45. The summed E-state index contributed by atoms with van der Waals surface area (Å²) >= 11 is 6.31. The van der Waals surface area contributed by atoms with Gasteiger partial charge < -0.3 is 15.5 Å². The minimum atomic E-state index is 0.377. The molecule has 0 bridgehead atoms. The fourth-order valence-corrected chi connectivity index (χ4v) is 3.08. The topological polar surface area (TPSA) is 66.0 Å². The van der Waals surface area contributed by atoms with Crippen molar-refractivity contribution in [1.29, 1.82) is 0 Å². The molecule has 1 saturated heterocycles. The summed E-state index contributed by atoms with van der Waals surface area (Å²) in [6.45, 7) is 5.97. The van der Waals surface area contributed by atoms with E-state index in [0.717, 1.165) is 42.0 Å². The van der Waals surface area contributed by atoms with Gasteiger partial charge in [0, 0.05) is 19.6 Å². The maximum Gasteiger partial charge on any atom is 0.226 e. The molecule has 22 heavy (non-hydrogen) atoms. The predicted molar refractivity (Wildman–Crippen MR) is 90.9 cm³/mol.